The first-order chi connectivity index (χ1) is 13.8. The van der Waals surface area contributed by atoms with Crippen molar-refractivity contribution in [1.82, 2.24) is 14.9 Å². The molecule has 0 fully saturated rings. The molecule has 9 heteroatoms. The first-order valence-electron chi connectivity index (χ1n) is 9.12. The van der Waals surface area contributed by atoms with Crippen LogP contribution in [0.25, 0.3) is 10.4 Å². The number of methoxy groups -OCH3 is 1. The van der Waals surface area contributed by atoms with Gasteiger partial charge in [0.25, 0.3) is 5.56 Å². The van der Waals surface area contributed by atoms with Crippen LogP contribution in [-0.4, -0.2) is 43.2 Å². The predicted molar refractivity (Wildman–Crippen MR) is 112 cm³/mol. The maximum atomic E-state index is 12.4. The van der Waals surface area contributed by atoms with Gasteiger partial charge in [-0.3, -0.25) is 14.7 Å². The minimum absolute atomic E-state index is 0.255. The van der Waals surface area contributed by atoms with E-state index in [-0.39, 0.29) is 10.7 Å². The quantitative estimate of drug-likeness (QED) is 0.624. The second-order valence-corrected chi connectivity index (χ2v) is 10.1. The second kappa shape index (κ2) is 7.74. The van der Waals surface area contributed by atoms with Crippen molar-refractivity contribution in [1.29, 1.82) is 0 Å². The molecule has 0 aliphatic carbocycles. The Morgan fingerprint density at radius 1 is 1.24 bits per heavy atom. The van der Waals surface area contributed by atoms with Gasteiger partial charge < -0.3 is 4.74 Å². The van der Waals surface area contributed by atoms with Crippen molar-refractivity contribution in [2.24, 2.45) is 0 Å². The van der Waals surface area contributed by atoms with Crippen LogP contribution in [-0.2, 0) is 29.3 Å². The molecule has 152 valence electrons. The minimum atomic E-state index is -3.54. The highest BCUT2D eigenvalue weighted by Crippen LogP contribution is 2.35. The molecular formula is C20H21N3O4S2. The molecule has 0 bridgehead atoms. The van der Waals surface area contributed by atoms with Gasteiger partial charge in [0, 0.05) is 47.6 Å². The van der Waals surface area contributed by atoms with Gasteiger partial charge in [0.05, 0.1) is 18.4 Å². The van der Waals surface area contributed by atoms with Gasteiger partial charge in [0.15, 0.2) is 0 Å². The summed E-state index contributed by atoms with van der Waals surface area (Å²) in [5, 5.41) is -0.255. The highest BCUT2D eigenvalue weighted by molar-refractivity contribution is 7.90. The van der Waals surface area contributed by atoms with Gasteiger partial charge in [0.1, 0.15) is 5.75 Å². The van der Waals surface area contributed by atoms with Gasteiger partial charge in [-0.2, -0.15) is 0 Å². The lowest BCUT2D eigenvalue weighted by Gasteiger charge is -2.27. The van der Waals surface area contributed by atoms with Crippen LogP contribution < -0.4 is 10.3 Å². The maximum absolute atomic E-state index is 12.4. The number of aromatic nitrogens is 2. The van der Waals surface area contributed by atoms with Crippen LogP contribution in [0.4, 0.5) is 0 Å². The zero-order valence-corrected chi connectivity index (χ0v) is 17.8. The fraction of sp³-hybridized carbons (Fsp3) is 0.300. The van der Waals surface area contributed by atoms with Crippen molar-refractivity contribution < 1.29 is 13.2 Å². The number of nitrogens with one attached hydrogen (secondary N) is 1. The molecule has 0 unspecified atom stereocenters. The van der Waals surface area contributed by atoms with Crippen LogP contribution in [0, 0.1) is 0 Å². The van der Waals surface area contributed by atoms with E-state index >= 15 is 0 Å². The molecule has 0 saturated carbocycles. The van der Waals surface area contributed by atoms with Crippen molar-refractivity contribution in [2.75, 3.05) is 19.9 Å². The average Bonchev–Trinajstić information content (AvgIpc) is 3.16. The Balaban J connectivity index is 1.53. The Kier molecular flexibility index (Phi) is 5.28. The zero-order valence-electron chi connectivity index (χ0n) is 16.1. The summed E-state index contributed by atoms with van der Waals surface area (Å²) in [6, 6.07) is 12.1. The molecule has 3 heterocycles. The third-order valence-corrected chi connectivity index (χ3v) is 6.89. The van der Waals surface area contributed by atoms with Gasteiger partial charge >= 0.3 is 0 Å². The lowest BCUT2D eigenvalue weighted by atomic mass is 10.1. The highest BCUT2D eigenvalue weighted by Gasteiger charge is 2.24. The maximum Gasteiger partial charge on any atom is 0.256 e. The fourth-order valence-corrected chi connectivity index (χ4v) is 5.08. The van der Waals surface area contributed by atoms with E-state index in [1.807, 2.05) is 24.3 Å². The van der Waals surface area contributed by atoms with E-state index in [1.165, 1.54) is 4.88 Å². The number of nitrogens with zero attached hydrogens (tertiary/aromatic N) is 2. The molecule has 0 atom stereocenters. The smallest absolute Gasteiger partial charge is 0.256 e. The van der Waals surface area contributed by atoms with Gasteiger partial charge in [-0.25, -0.2) is 13.4 Å². The van der Waals surface area contributed by atoms with Crippen molar-refractivity contribution in [3.63, 3.8) is 0 Å². The number of hydrogen-bond donors (Lipinski definition) is 1. The first kappa shape index (κ1) is 19.8. The number of thiophene rings is 1. The molecule has 29 heavy (non-hydrogen) atoms. The van der Waals surface area contributed by atoms with Crippen LogP contribution in [0.3, 0.4) is 0 Å². The van der Waals surface area contributed by atoms with E-state index in [4.69, 9.17) is 4.74 Å². The molecule has 1 aromatic carbocycles. The molecule has 1 N–H and O–H groups in total. The summed E-state index contributed by atoms with van der Waals surface area (Å²) in [4.78, 5) is 23.5. The molecule has 1 aliphatic rings. The number of benzene rings is 1. The number of para-hydroxylation sites is 1. The highest BCUT2D eigenvalue weighted by atomic mass is 32.2. The summed E-state index contributed by atoms with van der Waals surface area (Å²) in [6.07, 6.45) is 1.59. The molecule has 0 saturated heterocycles. The predicted octanol–water partition coefficient (Wildman–Crippen LogP) is 2.47. The summed E-state index contributed by atoms with van der Waals surface area (Å²) in [5.41, 5.74) is 1.81. The minimum Gasteiger partial charge on any atom is -0.496 e. The van der Waals surface area contributed by atoms with Gasteiger partial charge in [0.2, 0.25) is 15.0 Å². The van der Waals surface area contributed by atoms with Crippen LogP contribution in [0.2, 0.25) is 0 Å². The summed E-state index contributed by atoms with van der Waals surface area (Å²) in [6.45, 7) is 1.88. The van der Waals surface area contributed by atoms with Gasteiger partial charge in [-0.05, 0) is 24.3 Å². The van der Waals surface area contributed by atoms with Gasteiger partial charge in [-0.1, -0.05) is 12.1 Å². The topological polar surface area (TPSA) is 92.4 Å². The van der Waals surface area contributed by atoms with Crippen molar-refractivity contribution >= 4 is 21.2 Å². The molecule has 0 amide bonds. The van der Waals surface area contributed by atoms with E-state index in [0.29, 0.717) is 37.3 Å². The molecule has 2 aromatic heterocycles. The van der Waals surface area contributed by atoms with Gasteiger partial charge in [-0.15, -0.1) is 11.3 Å². The Morgan fingerprint density at radius 3 is 2.79 bits per heavy atom. The number of sulfone groups is 1. The standard InChI is InChI=1S/C20H21N3O4S2/c1-27-17-6-4-3-5-14(17)18-8-7-13(28-18)11-23-10-9-16-15(12-23)19(24)22-20(21-16)29(2,25)26/h3-8H,9-12H2,1-2H3,(H,21,22,24). The Hall–Kier alpha value is -2.49. The Bertz CT molecular complexity index is 1210. The lowest BCUT2D eigenvalue weighted by Crippen LogP contribution is -2.35. The molecule has 7 nitrogen and oxygen atoms in total. The lowest BCUT2D eigenvalue weighted by molar-refractivity contribution is 0.243. The van der Waals surface area contributed by atoms with E-state index < -0.39 is 9.84 Å². The first-order valence-corrected chi connectivity index (χ1v) is 11.8. The van der Waals surface area contributed by atoms with Crippen LogP contribution >= 0.6 is 11.3 Å². The van der Waals surface area contributed by atoms with E-state index in [9.17, 15) is 13.2 Å². The summed E-state index contributed by atoms with van der Waals surface area (Å²) < 4.78 is 28.8. The van der Waals surface area contributed by atoms with Crippen molar-refractivity contribution in [3.05, 3.63) is 62.9 Å². The summed E-state index contributed by atoms with van der Waals surface area (Å²) in [5.74, 6) is 0.840. The molecule has 0 radical (unpaired) electrons. The molecule has 3 aromatic rings. The monoisotopic (exact) mass is 431 g/mol. The molecule has 4 rings (SSSR count). The number of aromatic amines is 1. The number of hydrogen-bond acceptors (Lipinski definition) is 7. The van der Waals surface area contributed by atoms with E-state index in [0.717, 1.165) is 22.4 Å². The summed E-state index contributed by atoms with van der Waals surface area (Å²) >= 11 is 1.70. The Morgan fingerprint density at radius 2 is 2.03 bits per heavy atom. The molecule has 0 spiro atoms. The number of ether oxygens (including phenoxy) is 1. The third-order valence-electron chi connectivity index (χ3n) is 4.89. The molecule has 1 aliphatic heterocycles. The zero-order chi connectivity index (χ0) is 20.6. The number of fused-ring (bicyclic) bond motifs is 1. The summed E-state index contributed by atoms with van der Waals surface area (Å²) in [7, 11) is -1.87. The van der Waals surface area contributed by atoms with E-state index in [2.05, 4.69) is 27.0 Å². The van der Waals surface area contributed by atoms with Crippen LogP contribution in [0.15, 0.2) is 46.3 Å². The van der Waals surface area contributed by atoms with Crippen LogP contribution in [0.5, 0.6) is 5.75 Å². The average molecular weight is 432 g/mol. The van der Waals surface area contributed by atoms with Crippen molar-refractivity contribution in [2.45, 2.75) is 24.7 Å². The fourth-order valence-electron chi connectivity index (χ4n) is 3.44. The number of rotatable bonds is 5. The van der Waals surface area contributed by atoms with Crippen molar-refractivity contribution in [3.8, 4) is 16.2 Å². The SMILES string of the molecule is COc1ccccc1-c1ccc(CN2CCc3nc(S(C)(=O)=O)[nH]c(=O)c3C2)s1. The second-order valence-electron chi connectivity index (χ2n) is 7.00. The van der Waals surface area contributed by atoms with E-state index in [1.54, 1.807) is 18.4 Å². The Labute approximate surface area is 172 Å². The number of H-pyrrole nitrogens is 1. The van der Waals surface area contributed by atoms with Crippen LogP contribution in [0.1, 0.15) is 16.1 Å². The third kappa shape index (κ3) is 4.12. The normalized spacial score (nSPS) is 14.6. The largest absolute Gasteiger partial charge is 0.496 e. The molecular weight excluding hydrogens is 410 g/mol.